The van der Waals surface area contributed by atoms with Crippen LogP contribution >= 0.6 is 0 Å². The number of aldehydes is 1. The third-order valence-electron chi connectivity index (χ3n) is 3.06. The van der Waals surface area contributed by atoms with Crippen molar-refractivity contribution in [3.63, 3.8) is 0 Å². The molecule has 0 fully saturated rings. The average molecular weight is 334 g/mol. The van der Waals surface area contributed by atoms with Gasteiger partial charge in [0.1, 0.15) is 24.4 Å². The van der Waals surface area contributed by atoms with E-state index in [2.05, 4.69) is 26.5 Å². The maximum absolute atomic E-state index is 9.90. The molecule has 0 aromatic carbocycles. The van der Waals surface area contributed by atoms with Crippen molar-refractivity contribution in [1.29, 1.82) is 0 Å². The first-order valence-electron chi connectivity index (χ1n) is 7.30. The van der Waals surface area contributed by atoms with Crippen LogP contribution in [0.15, 0.2) is 24.3 Å². The fourth-order valence-electron chi connectivity index (χ4n) is 1.37. The zero-order chi connectivity index (χ0) is 18.6. The highest BCUT2D eigenvalue weighted by Crippen LogP contribution is 2.13. The summed E-state index contributed by atoms with van der Waals surface area (Å²) in [4.78, 5) is 9.90. The third kappa shape index (κ3) is 12.1. The van der Waals surface area contributed by atoms with Crippen LogP contribution in [0.4, 0.5) is 0 Å². The lowest BCUT2D eigenvalue weighted by Crippen LogP contribution is -2.46. The first kappa shape index (κ1) is 24.2. The zero-order valence-corrected chi connectivity index (χ0v) is 14.0. The van der Waals surface area contributed by atoms with Crippen LogP contribution < -0.4 is 0 Å². The molecule has 0 aliphatic carbocycles. The molecule has 7 nitrogen and oxygen atoms in total. The molecule has 6 N–H and O–H groups in total. The van der Waals surface area contributed by atoms with Crippen molar-refractivity contribution in [3.8, 4) is 0 Å². The molecule has 1 unspecified atom stereocenters. The van der Waals surface area contributed by atoms with E-state index in [-0.39, 0.29) is 6.29 Å². The molecule has 7 heteroatoms. The molecule has 0 saturated heterocycles. The Balaban J connectivity index is 0. The minimum Gasteiger partial charge on any atom is -0.394 e. The zero-order valence-electron chi connectivity index (χ0n) is 14.0. The maximum Gasteiger partial charge on any atom is 0.151 e. The molecular formula is C16H30O7. The quantitative estimate of drug-likeness (QED) is 0.242. The normalized spacial score (nSPS) is 18.3. The summed E-state index contributed by atoms with van der Waals surface area (Å²) in [6, 6.07) is 0. The number of aliphatic hydroxyl groups excluding tert-OH is 5. The molecule has 0 saturated carbocycles. The van der Waals surface area contributed by atoms with E-state index in [1.165, 1.54) is 5.57 Å². The Morgan fingerprint density at radius 3 is 2.04 bits per heavy atom. The predicted molar refractivity (Wildman–Crippen MR) is 86.7 cm³/mol. The van der Waals surface area contributed by atoms with E-state index in [0.29, 0.717) is 0 Å². The average Bonchev–Trinajstić information content (AvgIpc) is 2.51. The molecule has 136 valence electrons. The third-order valence-corrected chi connectivity index (χ3v) is 3.06. The molecule has 23 heavy (non-hydrogen) atoms. The van der Waals surface area contributed by atoms with E-state index in [4.69, 9.17) is 25.5 Å². The van der Waals surface area contributed by atoms with Crippen LogP contribution in [0.5, 0.6) is 0 Å². The molecule has 0 aliphatic rings. The highest BCUT2D eigenvalue weighted by atomic mass is 16.4. The van der Waals surface area contributed by atoms with Crippen LogP contribution in [0.1, 0.15) is 33.6 Å². The van der Waals surface area contributed by atoms with Crippen LogP contribution in [0.2, 0.25) is 0 Å². The van der Waals surface area contributed by atoms with Crippen LogP contribution in [0, 0.1) is 0 Å². The Labute approximate surface area is 137 Å². The predicted octanol–water partition coefficient (Wildman–Crippen LogP) is -0.709. The van der Waals surface area contributed by atoms with E-state index >= 15 is 0 Å². The number of hydrogen-bond donors (Lipinski definition) is 6. The molecule has 0 heterocycles. The topological polar surface area (TPSA) is 138 Å². The molecule has 0 rings (SSSR count). The van der Waals surface area contributed by atoms with Gasteiger partial charge in [-0.15, -0.1) is 6.58 Å². The van der Waals surface area contributed by atoms with E-state index in [0.717, 1.165) is 12.8 Å². The lowest BCUT2D eigenvalue weighted by Gasteiger charge is -2.22. The maximum atomic E-state index is 9.90. The number of aliphatic hydroxyl groups is 6. The van der Waals surface area contributed by atoms with Gasteiger partial charge in [0.15, 0.2) is 6.29 Å². The van der Waals surface area contributed by atoms with Crippen LogP contribution in [-0.2, 0) is 4.79 Å². The second-order valence-electron chi connectivity index (χ2n) is 5.74. The standard InChI is InChI=1S/C10H18O.C6H12O6/c1-5-10(4,11)8-6-7-9(2)3;7-1-3(9)5(11)6(12)4(10)2-8/h5,7,11H,1,6,8H2,2-4H3;1,3-6,8-12H,2H2/t;3-,4+,5+,6+/m.0/s1. The Hall–Kier alpha value is -1.09. The van der Waals surface area contributed by atoms with E-state index in [1.54, 1.807) is 13.0 Å². The largest absolute Gasteiger partial charge is 0.394 e. The molecule has 0 aromatic heterocycles. The van der Waals surface area contributed by atoms with Crippen molar-refractivity contribution < 1.29 is 35.4 Å². The molecule has 0 radical (unpaired) electrons. The van der Waals surface area contributed by atoms with Crippen molar-refractivity contribution in [2.75, 3.05) is 6.61 Å². The van der Waals surface area contributed by atoms with Gasteiger partial charge in [0.2, 0.25) is 0 Å². The minimum atomic E-state index is -1.79. The Morgan fingerprint density at radius 1 is 1.17 bits per heavy atom. The highest BCUT2D eigenvalue weighted by Gasteiger charge is 2.29. The Morgan fingerprint density at radius 2 is 1.70 bits per heavy atom. The molecule has 0 bridgehead atoms. The Bertz CT molecular complexity index is 361. The summed E-state index contributed by atoms with van der Waals surface area (Å²) in [5.74, 6) is 0. The Kier molecular flexibility index (Phi) is 13.0. The van der Waals surface area contributed by atoms with Crippen LogP contribution in [-0.4, -0.2) is 73.5 Å². The molecule has 0 aliphatic heterocycles. The summed E-state index contributed by atoms with van der Waals surface area (Å²) in [6.45, 7) is 8.69. The molecule has 0 amide bonds. The van der Waals surface area contributed by atoms with Crippen LogP contribution in [0.25, 0.3) is 0 Å². The van der Waals surface area contributed by atoms with E-state index in [9.17, 15) is 9.90 Å². The van der Waals surface area contributed by atoms with Gasteiger partial charge in [0.25, 0.3) is 0 Å². The number of rotatable bonds is 9. The minimum absolute atomic E-state index is 0.0258. The summed E-state index contributed by atoms with van der Waals surface area (Å²) in [7, 11) is 0. The SMILES string of the molecule is C=CC(C)(O)CCC=C(C)C.O=C[C@H](O)[C@@H](O)[C@H](O)[C@H](O)CO. The number of allylic oxidation sites excluding steroid dienone is 2. The van der Waals surface area contributed by atoms with Gasteiger partial charge in [0.05, 0.1) is 12.2 Å². The van der Waals surface area contributed by atoms with Crippen molar-refractivity contribution in [3.05, 3.63) is 24.3 Å². The van der Waals surface area contributed by atoms with Gasteiger partial charge >= 0.3 is 0 Å². The van der Waals surface area contributed by atoms with Gasteiger partial charge in [-0.05, 0) is 33.6 Å². The van der Waals surface area contributed by atoms with E-state index < -0.39 is 36.6 Å². The summed E-state index contributed by atoms with van der Waals surface area (Å²) in [5.41, 5.74) is 0.594. The second-order valence-corrected chi connectivity index (χ2v) is 5.74. The lowest BCUT2D eigenvalue weighted by molar-refractivity contribution is -0.136. The van der Waals surface area contributed by atoms with Gasteiger partial charge in [-0.2, -0.15) is 0 Å². The summed E-state index contributed by atoms with van der Waals surface area (Å²) >= 11 is 0. The summed E-state index contributed by atoms with van der Waals surface area (Å²) in [5, 5.41) is 53.0. The van der Waals surface area contributed by atoms with Crippen LogP contribution in [0.3, 0.4) is 0 Å². The second kappa shape index (κ2) is 12.3. The van der Waals surface area contributed by atoms with Crippen molar-refractivity contribution in [2.45, 2.75) is 63.6 Å². The van der Waals surface area contributed by atoms with Crippen molar-refractivity contribution in [2.24, 2.45) is 0 Å². The first-order chi connectivity index (χ1) is 10.5. The number of hydrogen-bond acceptors (Lipinski definition) is 7. The molecule has 0 aromatic rings. The molecule has 0 spiro atoms. The number of carbonyl (C=O) groups is 1. The summed E-state index contributed by atoms with van der Waals surface area (Å²) < 4.78 is 0. The fourth-order valence-corrected chi connectivity index (χ4v) is 1.37. The summed E-state index contributed by atoms with van der Waals surface area (Å²) in [6.07, 6.45) is -1.46. The smallest absolute Gasteiger partial charge is 0.151 e. The van der Waals surface area contributed by atoms with Gasteiger partial charge < -0.3 is 35.4 Å². The van der Waals surface area contributed by atoms with Gasteiger partial charge in [-0.25, -0.2) is 0 Å². The molecule has 5 atom stereocenters. The molecular weight excluding hydrogens is 304 g/mol. The number of carbonyl (C=O) groups excluding carboxylic acids is 1. The van der Waals surface area contributed by atoms with Gasteiger partial charge in [-0.1, -0.05) is 17.7 Å². The van der Waals surface area contributed by atoms with Gasteiger partial charge in [0, 0.05) is 0 Å². The monoisotopic (exact) mass is 334 g/mol. The van der Waals surface area contributed by atoms with Crippen molar-refractivity contribution >= 4 is 6.29 Å². The fraction of sp³-hybridized carbons (Fsp3) is 0.688. The van der Waals surface area contributed by atoms with Gasteiger partial charge in [-0.3, -0.25) is 0 Å². The van der Waals surface area contributed by atoms with E-state index in [1.807, 2.05) is 0 Å². The lowest BCUT2D eigenvalue weighted by atomic mass is 10.00. The first-order valence-corrected chi connectivity index (χ1v) is 7.30. The highest BCUT2D eigenvalue weighted by molar-refractivity contribution is 5.56. The van der Waals surface area contributed by atoms with Crippen molar-refractivity contribution in [1.82, 2.24) is 0 Å².